The van der Waals surface area contributed by atoms with Gasteiger partial charge in [-0.15, -0.1) is 0 Å². The Hall–Kier alpha value is -1.60. The molecule has 9 heteroatoms. The highest BCUT2D eigenvalue weighted by Crippen LogP contribution is 2.36. The summed E-state index contributed by atoms with van der Waals surface area (Å²) in [7, 11) is 0. The molecule has 6 nitrogen and oxygen atoms in total. The topological polar surface area (TPSA) is 72.9 Å². The van der Waals surface area contributed by atoms with Gasteiger partial charge in [0.15, 0.2) is 0 Å². The number of benzene rings is 2. The molecule has 0 N–H and O–H groups in total. The molecule has 0 unspecified atom stereocenters. The molecule has 1 saturated heterocycles. The van der Waals surface area contributed by atoms with Crippen LogP contribution in [-0.4, -0.2) is 35.2 Å². The minimum atomic E-state index is -0.585. The molecule has 0 aliphatic carbocycles. The Balaban J connectivity index is 1.79. The highest BCUT2D eigenvalue weighted by molar-refractivity contribution is 14.1. The van der Waals surface area contributed by atoms with Crippen LogP contribution in [0.15, 0.2) is 47.4 Å². The molecule has 1 aliphatic heterocycles. The number of ether oxygens (including phenoxy) is 2. The summed E-state index contributed by atoms with van der Waals surface area (Å²) in [5, 5.41) is -0.485. The van der Waals surface area contributed by atoms with Crippen molar-refractivity contribution in [3.63, 3.8) is 0 Å². The van der Waals surface area contributed by atoms with Crippen molar-refractivity contribution in [3.8, 4) is 5.75 Å². The summed E-state index contributed by atoms with van der Waals surface area (Å²) in [5.41, 5.74) is 1.72. The van der Waals surface area contributed by atoms with Crippen LogP contribution in [0.3, 0.4) is 0 Å². The zero-order valence-electron chi connectivity index (χ0n) is 17.3. The Morgan fingerprint density at radius 3 is 2.62 bits per heavy atom. The van der Waals surface area contributed by atoms with Crippen molar-refractivity contribution in [2.45, 2.75) is 26.4 Å². The van der Waals surface area contributed by atoms with Crippen LogP contribution in [0.5, 0.6) is 5.75 Å². The number of halogens is 2. The number of hydrogen-bond donors (Lipinski definition) is 0. The number of thioether (sulfide) groups is 1. The first-order valence-electron chi connectivity index (χ1n) is 9.95. The standard InChI is InChI=1S/C23H21I2NO5S/c1-2-3-9-30-20(27)13-26-22(28)19(32-23(26)29)11-16-10-17(24)12-18(25)21(16)31-14-15-7-5-4-6-8-15/h4-8,10-12H,2-3,9,13-14H2,1H3/b19-11+. The van der Waals surface area contributed by atoms with Crippen molar-refractivity contribution in [2.75, 3.05) is 13.2 Å². The molecule has 2 aromatic rings. The van der Waals surface area contributed by atoms with Crippen molar-refractivity contribution in [1.29, 1.82) is 0 Å². The number of carbonyl (C=O) groups is 3. The van der Waals surface area contributed by atoms with Crippen LogP contribution in [-0.2, 0) is 20.9 Å². The Bertz CT molecular complexity index is 1040. The number of amides is 2. The van der Waals surface area contributed by atoms with Crippen molar-refractivity contribution >= 4 is 80.1 Å². The monoisotopic (exact) mass is 677 g/mol. The number of carbonyl (C=O) groups excluding carboxylic acids is 3. The SMILES string of the molecule is CCCCOC(=O)CN1C(=O)S/C(=C/c2cc(I)cc(I)c2OCc2ccccc2)C1=O. The second-order valence-electron chi connectivity index (χ2n) is 6.92. The number of unbranched alkanes of at least 4 members (excludes halogenated alkanes) is 1. The fourth-order valence-electron chi connectivity index (χ4n) is 2.85. The van der Waals surface area contributed by atoms with Gasteiger partial charge in [0.05, 0.1) is 15.1 Å². The number of imide groups is 1. The molecule has 2 aromatic carbocycles. The third kappa shape index (κ3) is 6.70. The van der Waals surface area contributed by atoms with Gasteiger partial charge >= 0.3 is 5.97 Å². The summed E-state index contributed by atoms with van der Waals surface area (Å²) >= 11 is 5.21. The van der Waals surface area contributed by atoms with E-state index in [0.717, 1.165) is 42.2 Å². The lowest BCUT2D eigenvalue weighted by Crippen LogP contribution is -2.34. The third-order valence-electron chi connectivity index (χ3n) is 4.47. The number of esters is 1. The van der Waals surface area contributed by atoms with Crippen LogP contribution < -0.4 is 4.74 Å². The summed E-state index contributed by atoms with van der Waals surface area (Å²) in [5.74, 6) is -0.450. The summed E-state index contributed by atoms with van der Waals surface area (Å²) in [6.45, 7) is 2.26. The zero-order chi connectivity index (χ0) is 23.1. The van der Waals surface area contributed by atoms with Gasteiger partial charge in [-0.25, -0.2) is 0 Å². The second-order valence-corrected chi connectivity index (χ2v) is 10.3. The lowest BCUT2D eigenvalue weighted by Gasteiger charge is -2.13. The Morgan fingerprint density at radius 2 is 1.91 bits per heavy atom. The van der Waals surface area contributed by atoms with E-state index < -0.39 is 17.1 Å². The number of nitrogens with zero attached hydrogens (tertiary/aromatic N) is 1. The van der Waals surface area contributed by atoms with E-state index in [1.165, 1.54) is 0 Å². The molecule has 168 valence electrons. The zero-order valence-corrected chi connectivity index (χ0v) is 22.4. The maximum Gasteiger partial charge on any atom is 0.326 e. The fraction of sp³-hybridized carbons (Fsp3) is 0.261. The quantitative estimate of drug-likeness (QED) is 0.144. The van der Waals surface area contributed by atoms with Crippen LogP contribution in [0.4, 0.5) is 4.79 Å². The predicted molar refractivity (Wildman–Crippen MR) is 141 cm³/mol. The normalized spacial score (nSPS) is 14.8. The highest BCUT2D eigenvalue weighted by Gasteiger charge is 2.37. The van der Waals surface area contributed by atoms with Gasteiger partial charge in [-0.1, -0.05) is 43.7 Å². The van der Waals surface area contributed by atoms with Gasteiger partial charge in [-0.3, -0.25) is 19.3 Å². The molecule has 0 spiro atoms. The first kappa shape index (κ1) is 25.0. The fourth-order valence-corrected chi connectivity index (χ4v) is 5.73. The smallest absolute Gasteiger partial charge is 0.326 e. The lowest BCUT2D eigenvalue weighted by atomic mass is 10.1. The van der Waals surface area contributed by atoms with Crippen LogP contribution in [0, 0.1) is 7.14 Å². The molecule has 1 fully saturated rings. The van der Waals surface area contributed by atoms with E-state index in [4.69, 9.17) is 9.47 Å². The average Bonchev–Trinajstić information content (AvgIpc) is 3.01. The molecule has 0 bridgehead atoms. The average molecular weight is 677 g/mol. The van der Waals surface area contributed by atoms with Gasteiger partial charge in [0, 0.05) is 9.13 Å². The highest BCUT2D eigenvalue weighted by atomic mass is 127. The second kappa shape index (κ2) is 12.0. The summed E-state index contributed by atoms with van der Waals surface area (Å²) in [6, 6.07) is 13.7. The predicted octanol–water partition coefficient (Wildman–Crippen LogP) is 5.85. The first-order valence-corrected chi connectivity index (χ1v) is 12.9. The van der Waals surface area contributed by atoms with E-state index in [1.54, 1.807) is 6.08 Å². The van der Waals surface area contributed by atoms with Crippen molar-refractivity contribution < 1.29 is 23.9 Å². The van der Waals surface area contributed by atoms with E-state index >= 15 is 0 Å². The van der Waals surface area contributed by atoms with Crippen molar-refractivity contribution in [2.24, 2.45) is 0 Å². The van der Waals surface area contributed by atoms with Crippen molar-refractivity contribution in [3.05, 3.63) is 65.6 Å². The minimum absolute atomic E-state index is 0.249. The first-order chi connectivity index (χ1) is 15.4. The maximum absolute atomic E-state index is 12.8. The molecule has 0 radical (unpaired) electrons. The van der Waals surface area contributed by atoms with E-state index in [-0.39, 0.29) is 18.1 Å². The van der Waals surface area contributed by atoms with Crippen molar-refractivity contribution in [1.82, 2.24) is 4.90 Å². The molecule has 0 saturated carbocycles. The third-order valence-corrected chi connectivity index (χ3v) is 6.80. The lowest BCUT2D eigenvalue weighted by molar-refractivity contribution is -0.146. The maximum atomic E-state index is 12.8. The van der Waals surface area contributed by atoms with Gasteiger partial charge < -0.3 is 9.47 Å². The van der Waals surface area contributed by atoms with Crippen LogP contribution in [0.25, 0.3) is 6.08 Å². The van der Waals surface area contributed by atoms with Gasteiger partial charge in [-0.05, 0) is 87.1 Å². The summed E-state index contributed by atoms with van der Waals surface area (Å²) in [6.07, 6.45) is 3.28. The van der Waals surface area contributed by atoms with E-state index in [2.05, 4.69) is 45.2 Å². The Morgan fingerprint density at radius 1 is 1.16 bits per heavy atom. The summed E-state index contributed by atoms with van der Waals surface area (Å²) < 4.78 is 13.0. The number of hydrogen-bond acceptors (Lipinski definition) is 6. The molecule has 1 heterocycles. The Kier molecular flexibility index (Phi) is 9.41. The van der Waals surface area contributed by atoms with Crippen LogP contribution in [0.1, 0.15) is 30.9 Å². The van der Waals surface area contributed by atoms with E-state index in [0.29, 0.717) is 17.9 Å². The molecule has 1 aliphatic rings. The molecule has 32 heavy (non-hydrogen) atoms. The molecule has 2 amide bonds. The van der Waals surface area contributed by atoms with Gasteiger partial charge in [0.25, 0.3) is 11.1 Å². The molecular weight excluding hydrogens is 656 g/mol. The largest absolute Gasteiger partial charge is 0.487 e. The molecule has 3 rings (SSSR count). The van der Waals surface area contributed by atoms with Gasteiger partial charge in [0.1, 0.15) is 18.9 Å². The van der Waals surface area contributed by atoms with Crippen LogP contribution >= 0.6 is 56.9 Å². The van der Waals surface area contributed by atoms with Crippen LogP contribution in [0.2, 0.25) is 0 Å². The molecule has 0 atom stereocenters. The van der Waals surface area contributed by atoms with E-state index in [9.17, 15) is 14.4 Å². The Labute approximate surface area is 218 Å². The van der Waals surface area contributed by atoms with E-state index in [1.807, 2.05) is 49.4 Å². The van der Waals surface area contributed by atoms with Gasteiger partial charge in [-0.2, -0.15) is 0 Å². The van der Waals surface area contributed by atoms with Gasteiger partial charge in [0.2, 0.25) is 0 Å². The number of rotatable bonds is 9. The summed E-state index contributed by atoms with van der Waals surface area (Å²) in [4.78, 5) is 38.3. The molecular formula is C23H21I2NO5S. The molecule has 0 aromatic heterocycles. The minimum Gasteiger partial charge on any atom is -0.487 e.